The lowest BCUT2D eigenvalue weighted by Gasteiger charge is -2.16. The van der Waals surface area contributed by atoms with Gasteiger partial charge in [-0.1, -0.05) is 18.5 Å². The smallest absolute Gasteiger partial charge is 0.328 e. The second kappa shape index (κ2) is 10.6. The summed E-state index contributed by atoms with van der Waals surface area (Å²) < 4.78 is 4.93. The van der Waals surface area contributed by atoms with E-state index in [0.717, 1.165) is 6.42 Å². The van der Waals surface area contributed by atoms with E-state index in [9.17, 15) is 14.4 Å². The maximum Gasteiger partial charge on any atom is 0.328 e. The van der Waals surface area contributed by atoms with Gasteiger partial charge in [-0.05, 0) is 18.4 Å². The van der Waals surface area contributed by atoms with Crippen LogP contribution in [-0.4, -0.2) is 42.1 Å². The van der Waals surface area contributed by atoms with E-state index in [4.69, 9.17) is 15.4 Å². The van der Waals surface area contributed by atoms with Crippen molar-refractivity contribution in [3.05, 3.63) is 10.4 Å². The van der Waals surface area contributed by atoms with Crippen LogP contribution in [0.2, 0.25) is 0 Å². The Labute approximate surface area is 115 Å². The van der Waals surface area contributed by atoms with Crippen LogP contribution >= 0.6 is 0 Å². The lowest BCUT2D eigenvalue weighted by Crippen LogP contribution is -2.43. The number of nitrogens with one attached hydrogen (secondary N) is 1. The average Bonchev–Trinajstić information content (AvgIpc) is 2.41. The number of hydrogen-bond donors (Lipinski definition) is 2. The Morgan fingerprint density at radius 3 is 2.70 bits per heavy atom. The van der Waals surface area contributed by atoms with E-state index in [1.807, 2.05) is 6.92 Å². The van der Waals surface area contributed by atoms with Crippen molar-refractivity contribution in [3.8, 4) is 0 Å². The highest BCUT2D eigenvalue weighted by Gasteiger charge is 2.22. The Balaban J connectivity index is 4.45. The average molecular weight is 286 g/mol. The summed E-state index contributed by atoms with van der Waals surface area (Å²) in [5, 5.41) is 13.9. The molecule has 2 N–H and O–H groups in total. The number of esters is 1. The zero-order chi connectivity index (χ0) is 15.4. The van der Waals surface area contributed by atoms with Crippen LogP contribution < -0.4 is 5.32 Å². The molecule has 0 aromatic heterocycles. The maximum absolute atomic E-state index is 11.7. The second-order valence-electron chi connectivity index (χ2n) is 3.96. The summed E-state index contributed by atoms with van der Waals surface area (Å²) in [5.41, 5.74) is 8.09. The number of ether oxygens (including phenoxy) is 1. The lowest BCUT2D eigenvalue weighted by molar-refractivity contribution is -0.148. The predicted molar refractivity (Wildman–Crippen MR) is 68.7 cm³/mol. The molecule has 0 aromatic rings. The second-order valence-corrected chi connectivity index (χ2v) is 3.96. The van der Waals surface area contributed by atoms with Gasteiger partial charge in [-0.2, -0.15) is 0 Å². The highest BCUT2D eigenvalue weighted by Crippen LogP contribution is 2.02. The molecule has 0 heterocycles. The van der Waals surface area contributed by atoms with Gasteiger partial charge >= 0.3 is 11.9 Å². The van der Waals surface area contributed by atoms with Gasteiger partial charge in [0.15, 0.2) is 0 Å². The standard InChI is InChI=1S/C11H18N4O5/c1-2-3-6-20-11(19)8(4-5-10(17)18)14-9(16)7-13-15-12/h8H,2-7H2,1H3,(H,14,16)(H,17,18)/t8-/m0/s1. The molecule has 0 fully saturated rings. The van der Waals surface area contributed by atoms with E-state index < -0.39 is 30.4 Å². The van der Waals surface area contributed by atoms with Crippen LogP contribution in [0.25, 0.3) is 10.4 Å². The van der Waals surface area contributed by atoms with Crippen molar-refractivity contribution >= 4 is 17.8 Å². The molecule has 0 aliphatic heterocycles. The van der Waals surface area contributed by atoms with E-state index in [2.05, 4.69) is 15.3 Å². The number of azide groups is 1. The van der Waals surface area contributed by atoms with Crippen LogP contribution in [-0.2, 0) is 19.1 Å². The minimum atomic E-state index is -1.08. The van der Waals surface area contributed by atoms with Crippen molar-refractivity contribution in [2.75, 3.05) is 13.2 Å². The summed E-state index contributed by atoms with van der Waals surface area (Å²) in [6, 6.07) is -1.05. The number of aliphatic carboxylic acids is 1. The molecule has 0 radical (unpaired) electrons. The monoisotopic (exact) mass is 286 g/mol. The molecule has 0 aliphatic carbocycles. The quantitative estimate of drug-likeness (QED) is 0.202. The van der Waals surface area contributed by atoms with Crippen LogP contribution in [0.3, 0.4) is 0 Å². The Morgan fingerprint density at radius 2 is 2.15 bits per heavy atom. The normalized spacial score (nSPS) is 11.1. The molecule has 112 valence electrons. The van der Waals surface area contributed by atoms with Gasteiger partial charge in [0.25, 0.3) is 0 Å². The minimum Gasteiger partial charge on any atom is -0.481 e. The number of rotatable bonds is 10. The third-order valence-corrected chi connectivity index (χ3v) is 2.29. The molecule has 9 nitrogen and oxygen atoms in total. The van der Waals surface area contributed by atoms with Gasteiger partial charge in [-0.3, -0.25) is 9.59 Å². The van der Waals surface area contributed by atoms with Crippen LogP contribution in [0.1, 0.15) is 32.6 Å². The summed E-state index contributed by atoms with van der Waals surface area (Å²) in [6.45, 7) is 1.69. The lowest BCUT2D eigenvalue weighted by atomic mass is 10.1. The maximum atomic E-state index is 11.7. The first-order valence-corrected chi connectivity index (χ1v) is 6.19. The minimum absolute atomic E-state index is 0.0811. The fourth-order valence-electron chi connectivity index (χ4n) is 1.27. The van der Waals surface area contributed by atoms with Gasteiger partial charge in [0, 0.05) is 11.3 Å². The number of hydrogen-bond acceptors (Lipinski definition) is 5. The molecule has 0 unspecified atom stereocenters. The third-order valence-electron chi connectivity index (χ3n) is 2.29. The van der Waals surface area contributed by atoms with E-state index >= 15 is 0 Å². The van der Waals surface area contributed by atoms with E-state index in [1.165, 1.54) is 0 Å². The van der Waals surface area contributed by atoms with E-state index in [0.29, 0.717) is 6.42 Å². The predicted octanol–water partition coefficient (Wildman–Crippen LogP) is 0.990. The summed E-state index contributed by atoms with van der Waals surface area (Å²) in [4.78, 5) is 36.0. The number of carboxylic acids is 1. The van der Waals surface area contributed by atoms with Crippen molar-refractivity contribution in [1.29, 1.82) is 0 Å². The zero-order valence-electron chi connectivity index (χ0n) is 11.2. The Bertz CT molecular complexity index is 392. The fraction of sp³-hybridized carbons (Fsp3) is 0.727. The van der Waals surface area contributed by atoms with E-state index in [1.54, 1.807) is 0 Å². The zero-order valence-corrected chi connectivity index (χ0v) is 11.2. The van der Waals surface area contributed by atoms with Crippen molar-refractivity contribution in [2.45, 2.75) is 38.6 Å². The molecular formula is C11H18N4O5. The summed E-state index contributed by atoms with van der Waals surface area (Å²) in [5.74, 6) is -2.43. The molecule has 0 saturated carbocycles. The molecule has 0 aliphatic rings. The van der Waals surface area contributed by atoms with Crippen LogP contribution in [0.5, 0.6) is 0 Å². The number of unbranched alkanes of at least 4 members (excludes halogenated alkanes) is 1. The number of carbonyl (C=O) groups excluding carboxylic acids is 2. The van der Waals surface area contributed by atoms with Crippen molar-refractivity contribution < 1.29 is 24.2 Å². The Morgan fingerprint density at radius 1 is 1.45 bits per heavy atom. The largest absolute Gasteiger partial charge is 0.481 e. The summed E-state index contributed by atoms with van der Waals surface area (Å²) >= 11 is 0. The number of carboxylic acid groups (broad SMARTS) is 1. The van der Waals surface area contributed by atoms with Gasteiger partial charge in [-0.25, -0.2) is 4.79 Å². The molecule has 0 rings (SSSR count). The first kappa shape index (κ1) is 17.7. The molecule has 9 heteroatoms. The van der Waals surface area contributed by atoms with Gasteiger partial charge in [0.2, 0.25) is 5.91 Å². The van der Waals surface area contributed by atoms with Gasteiger partial charge in [-0.15, -0.1) is 0 Å². The molecule has 0 saturated heterocycles. The molecule has 20 heavy (non-hydrogen) atoms. The Hall–Kier alpha value is -2.28. The first-order chi connectivity index (χ1) is 9.51. The van der Waals surface area contributed by atoms with Crippen LogP contribution in [0.15, 0.2) is 5.11 Å². The molecule has 0 spiro atoms. The van der Waals surface area contributed by atoms with Crippen molar-refractivity contribution in [1.82, 2.24) is 5.32 Å². The number of nitrogens with zero attached hydrogens (tertiary/aromatic N) is 3. The SMILES string of the molecule is CCCCOC(=O)[C@H](CCC(=O)O)NC(=O)CN=[N+]=[N-]. The van der Waals surface area contributed by atoms with Crippen LogP contribution in [0.4, 0.5) is 0 Å². The third kappa shape index (κ3) is 8.76. The molecule has 1 amide bonds. The van der Waals surface area contributed by atoms with E-state index in [-0.39, 0.29) is 19.4 Å². The van der Waals surface area contributed by atoms with Gasteiger partial charge < -0.3 is 15.2 Å². The molecule has 1 atom stereocenters. The first-order valence-electron chi connectivity index (χ1n) is 6.19. The molecule has 0 bridgehead atoms. The number of amides is 1. The van der Waals surface area contributed by atoms with Gasteiger partial charge in [0.05, 0.1) is 6.61 Å². The summed E-state index contributed by atoms with van der Waals surface area (Å²) in [6.07, 6.45) is 1.16. The van der Waals surface area contributed by atoms with Crippen molar-refractivity contribution in [3.63, 3.8) is 0 Å². The molecular weight excluding hydrogens is 268 g/mol. The highest BCUT2D eigenvalue weighted by molar-refractivity contribution is 5.85. The topological polar surface area (TPSA) is 141 Å². The van der Waals surface area contributed by atoms with Crippen LogP contribution in [0, 0.1) is 0 Å². The summed E-state index contributed by atoms with van der Waals surface area (Å²) in [7, 11) is 0. The highest BCUT2D eigenvalue weighted by atomic mass is 16.5. The molecule has 0 aromatic carbocycles. The van der Waals surface area contributed by atoms with Gasteiger partial charge in [0.1, 0.15) is 12.6 Å². The Kier molecular flexibility index (Phi) is 9.41. The number of carbonyl (C=O) groups is 3. The van der Waals surface area contributed by atoms with Crippen molar-refractivity contribution in [2.24, 2.45) is 5.11 Å². The fourth-order valence-corrected chi connectivity index (χ4v) is 1.27.